The van der Waals surface area contributed by atoms with E-state index in [1.54, 1.807) is 6.20 Å². The zero-order valence-corrected chi connectivity index (χ0v) is 13.7. The quantitative estimate of drug-likeness (QED) is 0.847. The zero-order chi connectivity index (χ0) is 14.7. The number of rotatable bonds is 5. The molecule has 1 heterocycles. The van der Waals surface area contributed by atoms with Crippen molar-refractivity contribution >= 4 is 33.4 Å². The molecule has 1 aliphatic carbocycles. The van der Waals surface area contributed by atoms with Crippen LogP contribution >= 0.6 is 15.9 Å². The molecular formula is C16H19BrN4. The fourth-order valence-electron chi connectivity index (χ4n) is 2.56. The molecular weight excluding hydrogens is 328 g/mol. The predicted molar refractivity (Wildman–Crippen MR) is 90.3 cm³/mol. The Kier molecular flexibility index (Phi) is 4.39. The summed E-state index contributed by atoms with van der Waals surface area (Å²) in [5, 5.41) is 6.59. The monoisotopic (exact) mass is 346 g/mol. The van der Waals surface area contributed by atoms with Crippen LogP contribution in [0.2, 0.25) is 0 Å². The molecule has 0 atom stereocenters. The number of nitrogens with zero attached hydrogens (tertiary/aromatic N) is 2. The Morgan fingerprint density at radius 2 is 2.10 bits per heavy atom. The minimum Gasteiger partial charge on any atom is -0.354 e. The van der Waals surface area contributed by atoms with Gasteiger partial charge in [0.25, 0.3) is 0 Å². The summed E-state index contributed by atoms with van der Waals surface area (Å²) in [6.45, 7) is 3.00. The maximum absolute atomic E-state index is 4.52. The Labute approximate surface area is 133 Å². The Morgan fingerprint density at radius 1 is 1.24 bits per heavy atom. The van der Waals surface area contributed by atoms with E-state index in [9.17, 15) is 0 Å². The summed E-state index contributed by atoms with van der Waals surface area (Å²) in [4.78, 5) is 8.79. The molecule has 0 saturated carbocycles. The Hall–Kier alpha value is -1.62. The standard InChI is InChI=1S/C16H19BrN4/c1-2-8-18-16-19-10-14(17)15(21-16)20-13-7-6-11-4-3-5-12(11)9-13/h6-7,9-10H,2-5,8H2,1H3,(H2,18,19,20,21). The Bertz CT molecular complexity index is 642. The van der Waals surface area contributed by atoms with Gasteiger partial charge in [0.15, 0.2) is 0 Å². The third-order valence-electron chi connectivity index (χ3n) is 3.64. The first-order chi connectivity index (χ1) is 10.3. The SMILES string of the molecule is CCCNc1ncc(Br)c(Nc2ccc3c(c2)CCC3)n1. The van der Waals surface area contributed by atoms with Crippen molar-refractivity contribution in [2.24, 2.45) is 0 Å². The molecule has 2 N–H and O–H groups in total. The Morgan fingerprint density at radius 3 is 2.95 bits per heavy atom. The molecule has 0 radical (unpaired) electrons. The predicted octanol–water partition coefficient (Wildman–Crippen LogP) is 4.29. The van der Waals surface area contributed by atoms with E-state index in [2.05, 4.69) is 61.7 Å². The summed E-state index contributed by atoms with van der Waals surface area (Å²) >= 11 is 3.50. The van der Waals surface area contributed by atoms with Crippen molar-refractivity contribution in [1.29, 1.82) is 0 Å². The van der Waals surface area contributed by atoms with Gasteiger partial charge in [-0.2, -0.15) is 4.98 Å². The zero-order valence-electron chi connectivity index (χ0n) is 12.1. The third kappa shape index (κ3) is 3.35. The topological polar surface area (TPSA) is 49.8 Å². The van der Waals surface area contributed by atoms with Crippen LogP contribution in [-0.4, -0.2) is 16.5 Å². The van der Waals surface area contributed by atoms with Crippen molar-refractivity contribution in [2.45, 2.75) is 32.6 Å². The van der Waals surface area contributed by atoms with Gasteiger partial charge in [-0.15, -0.1) is 0 Å². The lowest BCUT2D eigenvalue weighted by atomic mass is 10.1. The number of nitrogens with one attached hydrogen (secondary N) is 2. The minimum absolute atomic E-state index is 0.656. The number of hydrogen-bond acceptors (Lipinski definition) is 4. The fourth-order valence-corrected chi connectivity index (χ4v) is 2.85. The van der Waals surface area contributed by atoms with Crippen LogP contribution in [0.15, 0.2) is 28.9 Å². The second kappa shape index (κ2) is 6.43. The summed E-state index contributed by atoms with van der Waals surface area (Å²) < 4.78 is 0.866. The van der Waals surface area contributed by atoms with Crippen LogP contribution in [0, 0.1) is 0 Å². The average molecular weight is 347 g/mol. The molecule has 1 aromatic heterocycles. The lowest BCUT2D eigenvalue weighted by Gasteiger charge is -2.11. The molecule has 4 nitrogen and oxygen atoms in total. The van der Waals surface area contributed by atoms with Gasteiger partial charge in [-0.3, -0.25) is 0 Å². The number of aromatic nitrogens is 2. The van der Waals surface area contributed by atoms with E-state index in [1.807, 2.05) is 0 Å². The van der Waals surface area contributed by atoms with Gasteiger partial charge in [-0.25, -0.2) is 4.98 Å². The molecule has 21 heavy (non-hydrogen) atoms. The number of fused-ring (bicyclic) bond motifs is 1. The molecule has 3 rings (SSSR count). The second-order valence-corrected chi connectivity index (χ2v) is 6.13. The van der Waals surface area contributed by atoms with Crippen LogP contribution in [0.5, 0.6) is 0 Å². The fraction of sp³-hybridized carbons (Fsp3) is 0.375. The van der Waals surface area contributed by atoms with E-state index in [4.69, 9.17) is 0 Å². The van der Waals surface area contributed by atoms with Gasteiger partial charge in [0, 0.05) is 18.4 Å². The summed E-state index contributed by atoms with van der Waals surface area (Å²) in [6.07, 6.45) is 6.48. The molecule has 2 aromatic rings. The number of halogens is 1. The van der Waals surface area contributed by atoms with E-state index in [0.717, 1.165) is 28.9 Å². The van der Waals surface area contributed by atoms with Crippen molar-refractivity contribution in [1.82, 2.24) is 9.97 Å². The molecule has 0 amide bonds. The van der Waals surface area contributed by atoms with E-state index in [-0.39, 0.29) is 0 Å². The van der Waals surface area contributed by atoms with Gasteiger partial charge < -0.3 is 10.6 Å². The minimum atomic E-state index is 0.656. The van der Waals surface area contributed by atoms with Gasteiger partial charge in [-0.05, 0) is 64.9 Å². The maximum atomic E-state index is 4.52. The molecule has 110 valence electrons. The van der Waals surface area contributed by atoms with Gasteiger partial charge in [0.1, 0.15) is 5.82 Å². The normalized spacial score (nSPS) is 13.0. The summed E-state index contributed by atoms with van der Waals surface area (Å²) in [5.41, 5.74) is 4.01. The van der Waals surface area contributed by atoms with Crippen molar-refractivity contribution < 1.29 is 0 Å². The molecule has 0 bridgehead atoms. The van der Waals surface area contributed by atoms with E-state index in [0.29, 0.717) is 5.95 Å². The molecule has 0 aliphatic heterocycles. The van der Waals surface area contributed by atoms with Crippen LogP contribution in [-0.2, 0) is 12.8 Å². The Balaban J connectivity index is 1.80. The highest BCUT2D eigenvalue weighted by Crippen LogP contribution is 2.28. The summed E-state index contributed by atoms with van der Waals surface area (Å²) in [6, 6.07) is 6.57. The van der Waals surface area contributed by atoms with Gasteiger partial charge in [0.2, 0.25) is 5.95 Å². The van der Waals surface area contributed by atoms with Crippen LogP contribution < -0.4 is 10.6 Å². The van der Waals surface area contributed by atoms with Gasteiger partial charge in [0.05, 0.1) is 4.47 Å². The maximum Gasteiger partial charge on any atom is 0.224 e. The highest BCUT2D eigenvalue weighted by molar-refractivity contribution is 9.10. The summed E-state index contributed by atoms with van der Waals surface area (Å²) in [5.74, 6) is 1.45. The first kappa shape index (κ1) is 14.3. The van der Waals surface area contributed by atoms with Crippen LogP contribution in [0.1, 0.15) is 30.9 Å². The highest BCUT2D eigenvalue weighted by atomic mass is 79.9. The van der Waals surface area contributed by atoms with E-state index in [1.165, 1.54) is 30.4 Å². The largest absolute Gasteiger partial charge is 0.354 e. The van der Waals surface area contributed by atoms with E-state index >= 15 is 0 Å². The van der Waals surface area contributed by atoms with Crippen LogP contribution in [0.25, 0.3) is 0 Å². The first-order valence-electron chi connectivity index (χ1n) is 7.41. The molecule has 0 fully saturated rings. The van der Waals surface area contributed by atoms with Crippen molar-refractivity contribution in [3.05, 3.63) is 40.0 Å². The van der Waals surface area contributed by atoms with Gasteiger partial charge >= 0.3 is 0 Å². The molecule has 5 heteroatoms. The first-order valence-corrected chi connectivity index (χ1v) is 8.21. The van der Waals surface area contributed by atoms with Crippen LogP contribution in [0.4, 0.5) is 17.5 Å². The lowest BCUT2D eigenvalue weighted by molar-refractivity contribution is 0.912. The number of anilines is 3. The number of benzene rings is 1. The molecule has 1 aromatic carbocycles. The highest BCUT2D eigenvalue weighted by Gasteiger charge is 2.12. The van der Waals surface area contributed by atoms with Gasteiger partial charge in [-0.1, -0.05) is 13.0 Å². The molecule has 0 unspecified atom stereocenters. The van der Waals surface area contributed by atoms with Crippen LogP contribution in [0.3, 0.4) is 0 Å². The number of aryl methyl sites for hydroxylation is 2. The van der Waals surface area contributed by atoms with Crippen molar-refractivity contribution in [3.63, 3.8) is 0 Å². The summed E-state index contributed by atoms with van der Waals surface area (Å²) in [7, 11) is 0. The average Bonchev–Trinajstić information content (AvgIpc) is 2.95. The van der Waals surface area contributed by atoms with E-state index < -0.39 is 0 Å². The molecule has 0 spiro atoms. The molecule has 1 aliphatic rings. The smallest absolute Gasteiger partial charge is 0.224 e. The van der Waals surface area contributed by atoms with Crippen molar-refractivity contribution in [2.75, 3.05) is 17.2 Å². The molecule has 0 saturated heterocycles. The second-order valence-electron chi connectivity index (χ2n) is 5.28. The van der Waals surface area contributed by atoms with Crippen molar-refractivity contribution in [3.8, 4) is 0 Å². The lowest BCUT2D eigenvalue weighted by Crippen LogP contribution is -2.06. The number of hydrogen-bond donors (Lipinski definition) is 2. The third-order valence-corrected chi connectivity index (χ3v) is 4.22.